The molecule has 0 aromatic heterocycles. The third-order valence-corrected chi connectivity index (χ3v) is 4.20. The number of ether oxygens (including phenoxy) is 1. The van der Waals surface area contributed by atoms with Gasteiger partial charge < -0.3 is 26.0 Å². The number of likely N-dealkylation sites (tertiary alicyclic amines) is 1. The highest BCUT2D eigenvalue weighted by atomic mass is 16.5. The molecule has 114 valence electrons. The maximum atomic E-state index is 11.4. The molecule has 2 aliphatic heterocycles. The molecule has 0 bridgehead atoms. The van der Waals surface area contributed by atoms with Crippen LogP contribution in [0.15, 0.2) is 12.1 Å². The Labute approximate surface area is 124 Å². The number of anilines is 3. The molecular formula is C15H22N4O2. The summed E-state index contributed by atoms with van der Waals surface area (Å²) < 4.78 is 5.35. The molecule has 21 heavy (non-hydrogen) atoms. The highest BCUT2D eigenvalue weighted by molar-refractivity contribution is 5.97. The molecule has 6 heteroatoms. The van der Waals surface area contributed by atoms with Gasteiger partial charge in [0, 0.05) is 12.6 Å². The van der Waals surface area contributed by atoms with E-state index in [1.54, 1.807) is 6.07 Å². The van der Waals surface area contributed by atoms with Crippen LogP contribution in [0.4, 0.5) is 17.1 Å². The fraction of sp³-hybridized carbons (Fsp3) is 0.533. The summed E-state index contributed by atoms with van der Waals surface area (Å²) in [7, 11) is 2.16. The van der Waals surface area contributed by atoms with Crippen LogP contribution in [0.3, 0.4) is 0 Å². The molecule has 1 aromatic carbocycles. The molecule has 0 radical (unpaired) electrons. The second kappa shape index (κ2) is 5.81. The third-order valence-electron chi connectivity index (χ3n) is 4.20. The third kappa shape index (κ3) is 3.21. The second-order valence-electron chi connectivity index (χ2n) is 5.90. The van der Waals surface area contributed by atoms with Crippen LogP contribution in [0.25, 0.3) is 0 Å². The van der Waals surface area contributed by atoms with E-state index in [1.165, 1.54) is 12.8 Å². The summed E-state index contributed by atoms with van der Waals surface area (Å²) in [6.45, 7) is 3.26. The number of nitrogens with zero attached hydrogens (tertiary/aromatic N) is 1. The predicted octanol–water partition coefficient (Wildman–Crippen LogP) is 1.35. The summed E-state index contributed by atoms with van der Waals surface area (Å²) in [5, 5.41) is 6.22. The van der Waals surface area contributed by atoms with Gasteiger partial charge in [-0.2, -0.15) is 0 Å². The topological polar surface area (TPSA) is 79.6 Å². The number of nitrogens with one attached hydrogen (secondary N) is 2. The molecule has 0 spiro atoms. The monoisotopic (exact) mass is 290 g/mol. The number of fused-ring (bicyclic) bond motifs is 1. The minimum absolute atomic E-state index is 0.0504. The molecule has 3 rings (SSSR count). The van der Waals surface area contributed by atoms with Gasteiger partial charge in [-0.25, -0.2) is 0 Å². The molecule has 1 amide bonds. The first-order chi connectivity index (χ1) is 10.1. The number of amides is 1. The number of carbonyl (C=O) groups excluding carboxylic acids is 1. The Balaban J connectivity index is 1.65. The first kappa shape index (κ1) is 14.0. The van der Waals surface area contributed by atoms with E-state index in [1.807, 2.05) is 6.07 Å². The van der Waals surface area contributed by atoms with Crippen LogP contribution in [0.5, 0.6) is 5.75 Å². The van der Waals surface area contributed by atoms with Gasteiger partial charge in [0.15, 0.2) is 6.61 Å². The fourth-order valence-electron chi connectivity index (χ4n) is 2.82. The first-order valence-corrected chi connectivity index (χ1v) is 7.40. The normalized spacial score (nSPS) is 19.6. The summed E-state index contributed by atoms with van der Waals surface area (Å²) in [4.78, 5) is 13.7. The highest BCUT2D eigenvalue weighted by Gasteiger charge is 2.19. The zero-order chi connectivity index (χ0) is 14.8. The number of nitrogen functional groups attached to an aromatic ring is 1. The molecular weight excluding hydrogens is 268 g/mol. The molecule has 1 aromatic rings. The maximum Gasteiger partial charge on any atom is 0.262 e. The Bertz CT molecular complexity index is 539. The number of hydrogen-bond donors (Lipinski definition) is 3. The van der Waals surface area contributed by atoms with Crippen molar-refractivity contribution in [3.8, 4) is 5.75 Å². The van der Waals surface area contributed by atoms with Crippen molar-refractivity contribution in [1.29, 1.82) is 0 Å². The fourth-order valence-corrected chi connectivity index (χ4v) is 2.82. The zero-order valence-electron chi connectivity index (χ0n) is 12.3. The van der Waals surface area contributed by atoms with E-state index in [0.29, 0.717) is 23.0 Å². The maximum absolute atomic E-state index is 11.4. The number of piperidine rings is 1. The van der Waals surface area contributed by atoms with Crippen LogP contribution in [0, 0.1) is 5.92 Å². The van der Waals surface area contributed by atoms with Crippen molar-refractivity contribution in [3.63, 3.8) is 0 Å². The van der Waals surface area contributed by atoms with Gasteiger partial charge in [-0.05, 0) is 45.0 Å². The van der Waals surface area contributed by atoms with Crippen molar-refractivity contribution >= 4 is 23.0 Å². The second-order valence-corrected chi connectivity index (χ2v) is 5.90. The van der Waals surface area contributed by atoms with Gasteiger partial charge in [0.1, 0.15) is 5.75 Å². The van der Waals surface area contributed by atoms with E-state index in [4.69, 9.17) is 10.5 Å². The molecule has 1 fully saturated rings. The molecule has 2 heterocycles. The van der Waals surface area contributed by atoms with E-state index in [9.17, 15) is 4.79 Å². The average Bonchev–Trinajstić information content (AvgIpc) is 2.47. The van der Waals surface area contributed by atoms with Gasteiger partial charge in [-0.3, -0.25) is 4.79 Å². The average molecular weight is 290 g/mol. The van der Waals surface area contributed by atoms with Crippen LogP contribution in [-0.4, -0.2) is 44.1 Å². The number of rotatable bonds is 3. The van der Waals surface area contributed by atoms with Gasteiger partial charge in [-0.15, -0.1) is 0 Å². The van der Waals surface area contributed by atoms with Crippen molar-refractivity contribution in [2.75, 3.05) is 49.7 Å². The minimum Gasteiger partial charge on any atom is -0.482 e. The zero-order valence-corrected chi connectivity index (χ0v) is 12.3. The van der Waals surface area contributed by atoms with E-state index in [0.717, 1.165) is 25.3 Å². The van der Waals surface area contributed by atoms with Gasteiger partial charge in [0.2, 0.25) is 0 Å². The molecule has 0 saturated carbocycles. The van der Waals surface area contributed by atoms with Crippen molar-refractivity contribution in [2.24, 2.45) is 5.92 Å². The summed E-state index contributed by atoms with van der Waals surface area (Å²) in [5.41, 5.74) is 8.25. The number of benzene rings is 1. The molecule has 1 saturated heterocycles. The van der Waals surface area contributed by atoms with Crippen LogP contribution < -0.4 is 21.1 Å². The molecule has 0 unspecified atom stereocenters. The van der Waals surface area contributed by atoms with Crippen molar-refractivity contribution in [1.82, 2.24) is 4.90 Å². The number of carbonyl (C=O) groups is 1. The molecule has 0 aliphatic carbocycles. The Morgan fingerprint density at radius 2 is 2.19 bits per heavy atom. The van der Waals surface area contributed by atoms with Crippen molar-refractivity contribution in [3.05, 3.63) is 12.1 Å². The lowest BCUT2D eigenvalue weighted by molar-refractivity contribution is -0.118. The lowest BCUT2D eigenvalue weighted by Crippen LogP contribution is -2.33. The summed E-state index contributed by atoms with van der Waals surface area (Å²) in [6, 6.07) is 3.63. The summed E-state index contributed by atoms with van der Waals surface area (Å²) in [6.07, 6.45) is 2.41. The quantitative estimate of drug-likeness (QED) is 0.732. The molecule has 0 atom stereocenters. The number of hydrogen-bond acceptors (Lipinski definition) is 5. The van der Waals surface area contributed by atoms with Crippen LogP contribution in [-0.2, 0) is 4.79 Å². The molecule has 4 N–H and O–H groups in total. The van der Waals surface area contributed by atoms with Gasteiger partial charge in [-0.1, -0.05) is 0 Å². The van der Waals surface area contributed by atoms with Gasteiger partial charge in [0.05, 0.1) is 17.1 Å². The van der Waals surface area contributed by atoms with E-state index < -0.39 is 0 Å². The lowest BCUT2D eigenvalue weighted by atomic mass is 9.97. The van der Waals surface area contributed by atoms with Crippen molar-refractivity contribution < 1.29 is 9.53 Å². The summed E-state index contributed by atoms with van der Waals surface area (Å²) in [5.74, 6) is 1.17. The van der Waals surface area contributed by atoms with E-state index in [2.05, 4.69) is 22.6 Å². The number of nitrogens with two attached hydrogens (primary N) is 1. The van der Waals surface area contributed by atoms with Crippen LogP contribution in [0.2, 0.25) is 0 Å². The van der Waals surface area contributed by atoms with E-state index in [-0.39, 0.29) is 12.5 Å². The Hall–Kier alpha value is -1.95. The first-order valence-electron chi connectivity index (χ1n) is 7.40. The van der Waals surface area contributed by atoms with Crippen LogP contribution >= 0.6 is 0 Å². The standard InChI is InChI=1S/C15H22N4O2/c1-19-4-2-10(3-5-19)8-17-12-7-13-14(6-11(12)16)21-9-15(20)18-13/h6-7,10,17H,2-5,8-9,16H2,1H3,(H,18,20). The van der Waals surface area contributed by atoms with E-state index >= 15 is 0 Å². The van der Waals surface area contributed by atoms with Crippen molar-refractivity contribution in [2.45, 2.75) is 12.8 Å². The SMILES string of the molecule is CN1CCC(CNc2cc3c(cc2N)OCC(=O)N3)CC1. The summed E-state index contributed by atoms with van der Waals surface area (Å²) >= 11 is 0. The van der Waals surface area contributed by atoms with Crippen LogP contribution in [0.1, 0.15) is 12.8 Å². The largest absolute Gasteiger partial charge is 0.482 e. The molecule has 2 aliphatic rings. The molecule has 6 nitrogen and oxygen atoms in total. The van der Waals surface area contributed by atoms with Gasteiger partial charge >= 0.3 is 0 Å². The minimum atomic E-state index is -0.131. The smallest absolute Gasteiger partial charge is 0.262 e. The Morgan fingerprint density at radius 1 is 1.43 bits per heavy atom. The Kier molecular flexibility index (Phi) is 3.88. The highest BCUT2D eigenvalue weighted by Crippen LogP contribution is 2.35. The predicted molar refractivity (Wildman–Crippen MR) is 83.7 cm³/mol. The lowest BCUT2D eigenvalue weighted by Gasteiger charge is -2.29. The van der Waals surface area contributed by atoms with Gasteiger partial charge in [0.25, 0.3) is 5.91 Å². The Morgan fingerprint density at radius 3 is 2.95 bits per heavy atom.